The van der Waals surface area contributed by atoms with E-state index < -0.39 is 0 Å². The first-order chi connectivity index (χ1) is 12.8. The van der Waals surface area contributed by atoms with Crippen molar-refractivity contribution in [2.45, 2.75) is 13.0 Å². The zero-order chi connectivity index (χ0) is 18.0. The summed E-state index contributed by atoms with van der Waals surface area (Å²) in [5.74, 6) is -0.161. The molecule has 0 unspecified atom stereocenters. The Morgan fingerprint density at radius 3 is 2.77 bits per heavy atom. The molecule has 1 aliphatic rings. The predicted octanol–water partition coefficient (Wildman–Crippen LogP) is 2.15. The molecule has 1 aromatic carbocycles. The first-order valence-electron chi connectivity index (χ1n) is 9.13. The van der Waals surface area contributed by atoms with Gasteiger partial charge in [0.1, 0.15) is 5.69 Å². The Morgan fingerprint density at radius 1 is 1.15 bits per heavy atom. The second-order valence-electron chi connectivity index (χ2n) is 6.33. The van der Waals surface area contributed by atoms with E-state index in [9.17, 15) is 4.79 Å². The number of carbonyl (C=O) groups excluding carboxylic acids is 1. The minimum Gasteiger partial charge on any atom is -0.385 e. The molecule has 1 saturated heterocycles. The van der Waals surface area contributed by atoms with Crippen LogP contribution in [-0.2, 0) is 11.3 Å². The highest BCUT2D eigenvalue weighted by Crippen LogP contribution is 2.09. The molecule has 26 heavy (non-hydrogen) atoms. The topological polar surface area (TPSA) is 66.5 Å². The van der Waals surface area contributed by atoms with Crippen LogP contribution < -0.4 is 10.6 Å². The Hall–Kier alpha value is -2.44. The van der Waals surface area contributed by atoms with Crippen molar-refractivity contribution < 1.29 is 9.53 Å². The molecule has 0 spiro atoms. The first kappa shape index (κ1) is 18.4. The molecule has 138 valence electrons. The molecule has 6 heteroatoms. The molecule has 0 radical (unpaired) electrons. The van der Waals surface area contributed by atoms with E-state index in [4.69, 9.17) is 4.74 Å². The lowest BCUT2D eigenvalue weighted by Crippen LogP contribution is -2.37. The van der Waals surface area contributed by atoms with Crippen LogP contribution in [0, 0.1) is 0 Å². The Balaban J connectivity index is 1.42. The summed E-state index contributed by atoms with van der Waals surface area (Å²) in [6.07, 6.45) is 2.72. The zero-order valence-corrected chi connectivity index (χ0v) is 15.0. The van der Waals surface area contributed by atoms with E-state index in [1.807, 2.05) is 36.4 Å². The monoisotopic (exact) mass is 354 g/mol. The van der Waals surface area contributed by atoms with E-state index in [-0.39, 0.29) is 5.91 Å². The summed E-state index contributed by atoms with van der Waals surface area (Å²) >= 11 is 0. The number of nitrogens with one attached hydrogen (secondary N) is 2. The summed E-state index contributed by atoms with van der Waals surface area (Å²) in [5, 5.41) is 6.28. The van der Waals surface area contributed by atoms with Gasteiger partial charge in [-0.15, -0.1) is 0 Å². The molecule has 1 aromatic heterocycles. The van der Waals surface area contributed by atoms with Gasteiger partial charge in [0, 0.05) is 38.1 Å². The minimum absolute atomic E-state index is 0.161. The van der Waals surface area contributed by atoms with E-state index >= 15 is 0 Å². The third-order valence-corrected chi connectivity index (χ3v) is 4.37. The molecule has 0 atom stereocenters. The number of rotatable bonds is 8. The minimum atomic E-state index is -0.161. The number of hydrogen-bond donors (Lipinski definition) is 2. The fourth-order valence-corrected chi connectivity index (χ4v) is 2.89. The number of hydrogen-bond acceptors (Lipinski definition) is 5. The lowest BCUT2D eigenvalue weighted by molar-refractivity contribution is 0.0378. The van der Waals surface area contributed by atoms with Gasteiger partial charge >= 0.3 is 0 Å². The fourth-order valence-electron chi connectivity index (χ4n) is 2.89. The number of aromatic nitrogens is 1. The van der Waals surface area contributed by atoms with Gasteiger partial charge in [0.25, 0.3) is 5.91 Å². The Labute approximate surface area is 154 Å². The molecule has 0 aliphatic carbocycles. The maximum atomic E-state index is 12.3. The SMILES string of the molecule is O=C(NCc1ccccc1)c1cc(NCCCN2CCOCC2)ccn1. The molecule has 0 saturated carbocycles. The third kappa shape index (κ3) is 5.82. The number of carbonyl (C=O) groups is 1. The molecule has 2 aromatic rings. The van der Waals surface area contributed by atoms with Crippen LogP contribution >= 0.6 is 0 Å². The van der Waals surface area contributed by atoms with Crippen molar-refractivity contribution in [2.75, 3.05) is 44.7 Å². The van der Waals surface area contributed by atoms with Crippen LogP contribution in [0.3, 0.4) is 0 Å². The molecule has 2 N–H and O–H groups in total. The molecule has 1 amide bonds. The van der Waals surface area contributed by atoms with E-state index in [2.05, 4.69) is 20.5 Å². The van der Waals surface area contributed by atoms with Crippen LogP contribution in [0.5, 0.6) is 0 Å². The van der Waals surface area contributed by atoms with Crippen molar-refractivity contribution in [1.29, 1.82) is 0 Å². The van der Waals surface area contributed by atoms with Crippen molar-refractivity contribution >= 4 is 11.6 Å². The molecular formula is C20H26N4O2. The van der Waals surface area contributed by atoms with E-state index in [0.717, 1.165) is 57.1 Å². The highest BCUT2D eigenvalue weighted by atomic mass is 16.5. The lowest BCUT2D eigenvalue weighted by atomic mass is 10.2. The number of ether oxygens (including phenoxy) is 1. The summed E-state index contributed by atoms with van der Waals surface area (Å²) in [4.78, 5) is 18.9. The molecule has 2 heterocycles. The van der Waals surface area contributed by atoms with Crippen LogP contribution in [-0.4, -0.2) is 55.2 Å². The number of benzene rings is 1. The highest BCUT2D eigenvalue weighted by Gasteiger charge is 2.10. The molecule has 1 aliphatic heterocycles. The quantitative estimate of drug-likeness (QED) is 0.711. The Morgan fingerprint density at radius 2 is 1.96 bits per heavy atom. The Kier molecular flexibility index (Phi) is 6.98. The largest absolute Gasteiger partial charge is 0.385 e. The van der Waals surface area contributed by atoms with Gasteiger partial charge in [-0.25, -0.2) is 0 Å². The second kappa shape index (κ2) is 9.89. The van der Waals surface area contributed by atoms with E-state index in [1.54, 1.807) is 12.3 Å². The van der Waals surface area contributed by atoms with Gasteiger partial charge in [0.15, 0.2) is 0 Å². The first-order valence-corrected chi connectivity index (χ1v) is 9.13. The maximum Gasteiger partial charge on any atom is 0.270 e. The van der Waals surface area contributed by atoms with E-state index in [1.165, 1.54) is 0 Å². The van der Waals surface area contributed by atoms with Gasteiger partial charge < -0.3 is 15.4 Å². The number of anilines is 1. The van der Waals surface area contributed by atoms with Crippen molar-refractivity contribution in [2.24, 2.45) is 0 Å². The maximum absolute atomic E-state index is 12.3. The molecule has 0 bridgehead atoms. The standard InChI is InChI=1S/C20H26N4O2/c25-20(23-16-17-5-2-1-3-6-17)19-15-18(7-9-22-19)21-8-4-10-24-11-13-26-14-12-24/h1-3,5-7,9,15H,4,8,10-14,16H2,(H,21,22)(H,23,25). The zero-order valence-electron chi connectivity index (χ0n) is 15.0. The van der Waals surface area contributed by atoms with Crippen LogP contribution in [0.1, 0.15) is 22.5 Å². The fraction of sp³-hybridized carbons (Fsp3) is 0.400. The van der Waals surface area contributed by atoms with E-state index in [0.29, 0.717) is 12.2 Å². The van der Waals surface area contributed by atoms with Crippen molar-refractivity contribution in [1.82, 2.24) is 15.2 Å². The number of pyridine rings is 1. The lowest BCUT2D eigenvalue weighted by Gasteiger charge is -2.26. The van der Waals surface area contributed by atoms with Crippen LogP contribution in [0.4, 0.5) is 5.69 Å². The van der Waals surface area contributed by atoms with Gasteiger partial charge in [-0.2, -0.15) is 0 Å². The smallest absolute Gasteiger partial charge is 0.270 e. The summed E-state index contributed by atoms with van der Waals surface area (Å²) in [7, 11) is 0. The number of amides is 1. The summed E-state index contributed by atoms with van der Waals surface area (Å²) < 4.78 is 5.36. The predicted molar refractivity (Wildman–Crippen MR) is 102 cm³/mol. The van der Waals surface area contributed by atoms with Crippen molar-refractivity contribution in [3.63, 3.8) is 0 Å². The van der Waals surface area contributed by atoms with Gasteiger partial charge in [0.2, 0.25) is 0 Å². The number of morpholine rings is 1. The highest BCUT2D eigenvalue weighted by molar-refractivity contribution is 5.93. The number of nitrogens with zero attached hydrogens (tertiary/aromatic N) is 2. The van der Waals surface area contributed by atoms with Crippen LogP contribution in [0.15, 0.2) is 48.7 Å². The molecule has 6 nitrogen and oxygen atoms in total. The van der Waals surface area contributed by atoms with Gasteiger partial charge in [-0.3, -0.25) is 14.7 Å². The van der Waals surface area contributed by atoms with Crippen LogP contribution in [0.2, 0.25) is 0 Å². The normalized spacial score (nSPS) is 14.8. The van der Waals surface area contributed by atoms with Gasteiger partial charge in [0.05, 0.1) is 13.2 Å². The average Bonchev–Trinajstić information content (AvgIpc) is 2.71. The summed E-state index contributed by atoms with van der Waals surface area (Å²) in [6.45, 7) is 6.12. The average molecular weight is 354 g/mol. The van der Waals surface area contributed by atoms with Gasteiger partial charge in [-0.05, 0) is 30.7 Å². The van der Waals surface area contributed by atoms with Crippen molar-refractivity contribution in [3.8, 4) is 0 Å². The van der Waals surface area contributed by atoms with Crippen LogP contribution in [0.25, 0.3) is 0 Å². The molecule has 1 fully saturated rings. The summed E-state index contributed by atoms with van der Waals surface area (Å²) in [5.41, 5.74) is 2.42. The third-order valence-electron chi connectivity index (χ3n) is 4.37. The second-order valence-corrected chi connectivity index (χ2v) is 6.33. The van der Waals surface area contributed by atoms with Crippen molar-refractivity contribution in [3.05, 3.63) is 59.9 Å². The van der Waals surface area contributed by atoms with Gasteiger partial charge in [-0.1, -0.05) is 30.3 Å². The molecule has 3 rings (SSSR count). The molecular weight excluding hydrogens is 328 g/mol. The Bertz CT molecular complexity index is 687. The summed E-state index contributed by atoms with van der Waals surface area (Å²) in [6, 6.07) is 13.5.